The predicted molar refractivity (Wildman–Crippen MR) is 85.9 cm³/mol. The topological polar surface area (TPSA) is 81.5 Å². The summed E-state index contributed by atoms with van der Waals surface area (Å²) in [6.45, 7) is 1.96. The van der Waals surface area contributed by atoms with Crippen molar-refractivity contribution in [3.63, 3.8) is 0 Å². The Morgan fingerprint density at radius 3 is 2.91 bits per heavy atom. The van der Waals surface area contributed by atoms with Crippen molar-refractivity contribution >= 4 is 11.6 Å². The Balaban J connectivity index is 1.61. The van der Waals surface area contributed by atoms with Crippen molar-refractivity contribution in [1.29, 1.82) is 0 Å². The van der Waals surface area contributed by atoms with Crippen molar-refractivity contribution in [2.75, 3.05) is 29.9 Å². The first kappa shape index (κ1) is 15.5. The monoisotopic (exact) mass is 306 g/mol. The maximum Gasteiger partial charge on any atom is 0.134 e. The Hall–Kier alpha value is -1.40. The predicted octanol–water partition coefficient (Wildman–Crippen LogP) is 1.40. The molecule has 0 bridgehead atoms. The summed E-state index contributed by atoms with van der Waals surface area (Å²) in [4.78, 5) is 10.9. The third kappa shape index (κ3) is 3.67. The molecule has 0 amide bonds. The van der Waals surface area contributed by atoms with Gasteiger partial charge in [-0.05, 0) is 44.4 Å². The number of hydrogen-bond acceptors (Lipinski definition) is 6. The van der Waals surface area contributed by atoms with E-state index >= 15 is 0 Å². The SMILES string of the molecule is OCC1CCCCN1c1cc(NCC2CCC(O)C2)ncn1. The van der Waals surface area contributed by atoms with Crippen molar-refractivity contribution in [2.24, 2.45) is 5.92 Å². The van der Waals surface area contributed by atoms with E-state index < -0.39 is 0 Å². The minimum atomic E-state index is -0.133. The second kappa shape index (κ2) is 7.24. The Kier molecular flexibility index (Phi) is 5.10. The number of anilines is 2. The summed E-state index contributed by atoms with van der Waals surface area (Å²) in [6.07, 6.45) is 7.65. The van der Waals surface area contributed by atoms with Crippen LogP contribution in [-0.2, 0) is 0 Å². The molecule has 1 saturated carbocycles. The number of nitrogens with one attached hydrogen (secondary N) is 1. The Bertz CT molecular complexity index is 485. The maximum absolute atomic E-state index is 9.58. The van der Waals surface area contributed by atoms with Crippen LogP contribution in [0.3, 0.4) is 0 Å². The largest absolute Gasteiger partial charge is 0.394 e. The molecule has 3 rings (SSSR count). The molecule has 122 valence electrons. The molecule has 22 heavy (non-hydrogen) atoms. The Morgan fingerprint density at radius 2 is 2.14 bits per heavy atom. The molecule has 0 spiro atoms. The number of hydrogen-bond donors (Lipinski definition) is 3. The standard InChI is InChI=1S/C16H26N4O2/c21-10-13-3-1-2-6-20(13)16-8-15(18-11-19-16)17-9-12-4-5-14(22)7-12/h8,11-14,21-22H,1-7,9-10H2,(H,17,18,19). The normalized spacial score (nSPS) is 28.8. The van der Waals surface area contributed by atoms with Crippen LogP contribution >= 0.6 is 0 Å². The van der Waals surface area contributed by atoms with Gasteiger partial charge >= 0.3 is 0 Å². The highest BCUT2D eigenvalue weighted by Crippen LogP contribution is 2.27. The van der Waals surface area contributed by atoms with Crippen LogP contribution in [0, 0.1) is 5.92 Å². The summed E-state index contributed by atoms with van der Waals surface area (Å²) in [5.41, 5.74) is 0. The molecule has 6 heteroatoms. The van der Waals surface area contributed by atoms with Gasteiger partial charge in [0.15, 0.2) is 0 Å². The first-order chi connectivity index (χ1) is 10.8. The van der Waals surface area contributed by atoms with Gasteiger partial charge in [0.2, 0.25) is 0 Å². The van der Waals surface area contributed by atoms with Crippen molar-refractivity contribution in [3.05, 3.63) is 12.4 Å². The Labute approximate surface area is 131 Å². The van der Waals surface area contributed by atoms with E-state index in [-0.39, 0.29) is 18.8 Å². The summed E-state index contributed by atoms with van der Waals surface area (Å²) in [7, 11) is 0. The minimum Gasteiger partial charge on any atom is -0.394 e. The second-order valence-corrected chi connectivity index (χ2v) is 6.50. The van der Waals surface area contributed by atoms with E-state index in [1.165, 1.54) is 6.42 Å². The molecule has 2 heterocycles. The first-order valence-corrected chi connectivity index (χ1v) is 8.37. The molecule has 1 aliphatic carbocycles. The summed E-state index contributed by atoms with van der Waals surface area (Å²) in [5.74, 6) is 2.24. The van der Waals surface area contributed by atoms with Crippen molar-refractivity contribution in [1.82, 2.24) is 9.97 Å². The molecule has 0 aromatic carbocycles. The molecule has 3 unspecified atom stereocenters. The minimum absolute atomic E-state index is 0.133. The van der Waals surface area contributed by atoms with Gasteiger partial charge in [0.25, 0.3) is 0 Å². The molecule has 1 aromatic rings. The molecule has 1 aliphatic heterocycles. The fourth-order valence-corrected chi connectivity index (χ4v) is 3.58. The average Bonchev–Trinajstić information content (AvgIpc) is 2.98. The summed E-state index contributed by atoms with van der Waals surface area (Å²) >= 11 is 0. The van der Waals surface area contributed by atoms with E-state index in [2.05, 4.69) is 20.2 Å². The van der Waals surface area contributed by atoms with Gasteiger partial charge in [-0.1, -0.05) is 0 Å². The molecule has 3 N–H and O–H groups in total. The fourth-order valence-electron chi connectivity index (χ4n) is 3.58. The van der Waals surface area contributed by atoms with Gasteiger partial charge in [0.1, 0.15) is 18.0 Å². The molecule has 0 radical (unpaired) electrons. The smallest absolute Gasteiger partial charge is 0.134 e. The Morgan fingerprint density at radius 1 is 1.23 bits per heavy atom. The van der Waals surface area contributed by atoms with Crippen molar-refractivity contribution in [3.8, 4) is 0 Å². The van der Waals surface area contributed by atoms with E-state index in [1.54, 1.807) is 6.33 Å². The van der Waals surface area contributed by atoms with Crippen LogP contribution in [0.5, 0.6) is 0 Å². The van der Waals surface area contributed by atoms with Crippen LogP contribution in [0.25, 0.3) is 0 Å². The fraction of sp³-hybridized carbons (Fsp3) is 0.750. The van der Waals surface area contributed by atoms with Gasteiger partial charge in [-0.3, -0.25) is 0 Å². The highest BCUT2D eigenvalue weighted by atomic mass is 16.3. The van der Waals surface area contributed by atoms with E-state index in [0.717, 1.165) is 56.8 Å². The zero-order valence-corrected chi connectivity index (χ0v) is 13.0. The number of aliphatic hydroxyl groups is 2. The van der Waals surface area contributed by atoms with Crippen LogP contribution in [0.4, 0.5) is 11.6 Å². The molecule has 6 nitrogen and oxygen atoms in total. The molecule has 1 saturated heterocycles. The van der Waals surface area contributed by atoms with Crippen molar-refractivity contribution in [2.45, 2.75) is 50.7 Å². The summed E-state index contributed by atoms with van der Waals surface area (Å²) in [6, 6.07) is 2.14. The molecular weight excluding hydrogens is 280 g/mol. The highest BCUT2D eigenvalue weighted by Gasteiger charge is 2.24. The van der Waals surface area contributed by atoms with Crippen LogP contribution in [0.1, 0.15) is 38.5 Å². The van der Waals surface area contributed by atoms with E-state index in [4.69, 9.17) is 0 Å². The lowest BCUT2D eigenvalue weighted by molar-refractivity contribution is 0.178. The lowest BCUT2D eigenvalue weighted by Crippen LogP contribution is -2.42. The zero-order valence-electron chi connectivity index (χ0n) is 13.0. The third-order valence-corrected chi connectivity index (χ3v) is 4.87. The number of piperidine rings is 1. The van der Waals surface area contributed by atoms with Gasteiger partial charge in [-0.15, -0.1) is 0 Å². The van der Waals surface area contributed by atoms with Crippen LogP contribution in [0.15, 0.2) is 12.4 Å². The van der Waals surface area contributed by atoms with E-state index in [9.17, 15) is 10.2 Å². The lowest BCUT2D eigenvalue weighted by atomic mass is 10.0. The van der Waals surface area contributed by atoms with Gasteiger partial charge in [0.05, 0.1) is 18.8 Å². The number of nitrogens with zero attached hydrogens (tertiary/aromatic N) is 3. The third-order valence-electron chi connectivity index (χ3n) is 4.87. The van der Waals surface area contributed by atoms with Gasteiger partial charge in [-0.25, -0.2) is 9.97 Å². The molecule has 2 aliphatic rings. The van der Waals surface area contributed by atoms with Crippen LogP contribution in [0.2, 0.25) is 0 Å². The van der Waals surface area contributed by atoms with Gasteiger partial charge in [-0.2, -0.15) is 0 Å². The van der Waals surface area contributed by atoms with E-state index in [0.29, 0.717) is 5.92 Å². The lowest BCUT2D eigenvalue weighted by Gasteiger charge is -2.35. The van der Waals surface area contributed by atoms with Crippen LogP contribution < -0.4 is 10.2 Å². The molecule has 3 atom stereocenters. The van der Waals surface area contributed by atoms with Crippen molar-refractivity contribution < 1.29 is 10.2 Å². The number of aromatic nitrogens is 2. The average molecular weight is 306 g/mol. The van der Waals surface area contributed by atoms with Gasteiger partial charge < -0.3 is 20.4 Å². The number of aliphatic hydroxyl groups excluding tert-OH is 2. The van der Waals surface area contributed by atoms with E-state index in [1.807, 2.05) is 6.07 Å². The second-order valence-electron chi connectivity index (χ2n) is 6.50. The number of rotatable bonds is 5. The summed E-state index contributed by atoms with van der Waals surface area (Å²) in [5, 5.41) is 22.5. The maximum atomic E-state index is 9.58. The molecule has 2 fully saturated rings. The zero-order chi connectivity index (χ0) is 15.4. The van der Waals surface area contributed by atoms with Gasteiger partial charge in [0, 0.05) is 19.2 Å². The van der Waals surface area contributed by atoms with Crippen LogP contribution in [-0.4, -0.2) is 52.0 Å². The first-order valence-electron chi connectivity index (χ1n) is 8.37. The quantitative estimate of drug-likeness (QED) is 0.763. The summed E-state index contributed by atoms with van der Waals surface area (Å²) < 4.78 is 0. The molecular formula is C16H26N4O2. The highest BCUT2D eigenvalue weighted by molar-refractivity contribution is 5.49. The molecule has 1 aromatic heterocycles.